The van der Waals surface area contributed by atoms with Crippen LogP contribution in [0.5, 0.6) is 0 Å². The second-order valence-corrected chi connectivity index (χ2v) is 14.4. The number of aromatic nitrogens is 3. The lowest BCUT2D eigenvalue weighted by molar-refractivity contribution is 1.23. The molecule has 0 bridgehead atoms. The largest absolute Gasteiger partial charge is 0.247 e. The molecule has 260 valence electrons. The monoisotopic (exact) mass is 711 g/mol. The van der Waals surface area contributed by atoms with E-state index in [9.17, 15) is 0 Å². The average Bonchev–Trinajstić information content (AvgIpc) is 3.28. The highest BCUT2D eigenvalue weighted by molar-refractivity contribution is 6.25. The van der Waals surface area contributed by atoms with Crippen LogP contribution in [0, 0.1) is 0 Å². The fourth-order valence-electron chi connectivity index (χ4n) is 8.31. The maximum atomic E-state index is 5.34. The van der Waals surface area contributed by atoms with Crippen LogP contribution >= 0.6 is 0 Å². The number of pyridine rings is 1. The molecule has 0 fully saturated rings. The first-order valence-corrected chi connectivity index (χ1v) is 19.0. The Bertz CT molecular complexity index is 3300. The van der Waals surface area contributed by atoms with Crippen molar-refractivity contribution in [2.45, 2.75) is 0 Å². The molecule has 0 saturated carbocycles. The van der Waals surface area contributed by atoms with Crippen LogP contribution in [0.1, 0.15) is 0 Å². The number of fused-ring (bicyclic) bond motifs is 7. The number of hydrogen-bond donors (Lipinski definition) is 0. The summed E-state index contributed by atoms with van der Waals surface area (Å²) in [4.78, 5) is 15.7. The van der Waals surface area contributed by atoms with E-state index in [0.717, 1.165) is 72.0 Å². The minimum atomic E-state index is 0.702. The van der Waals surface area contributed by atoms with E-state index in [4.69, 9.17) is 15.0 Å². The third kappa shape index (κ3) is 5.40. The Balaban J connectivity index is 1.07. The van der Waals surface area contributed by atoms with Crippen molar-refractivity contribution in [2.24, 2.45) is 0 Å². The molecule has 3 nitrogen and oxygen atoms in total. The zero-order chi connectivity index (χ0) is 37.0. The van der Waals surface area contributed by atoms with Gasteiger partial charge in [-0.1, -0.05) is 170 Å². The first kappa shape index (κ1) is 32.0. The third-order valence-electron chi connectivity index (χ3n) is 11.0. The van der Waals surface area contributed by atoms with Gasteiger partial charge in [0, 0.05) is 38.2 Å². The molecule has 0 aliphatic carbocycles. The van der Waals surface area contributed by atoms with Gasteiger partial charge in [-0.2, -0.15) is 0 Å². The molecule has 9 aromatic carbocycles. The highest BCUT2D eigenvalue weighted by Crippen LogP contribution is 2.42. The smallest absolute Gasteiger partial charge is 0.160 e. The number of rotatable bonds is 5. The van der Waals surface area contributed by atoms with Gasteiger partial charge in [0.1, 0.15) is 0 Å². The lowest BCUT2D eigenvalue weighted by Crippen LogP contribution is -1.96. The molecule has 0 saturated heterocycles. The second-order valence-electron chi connectivity index (χ2n) is 14.4. The quantitative estimate of drug-likeness (QED) is 0.167. The predicted octanol–water partition coefficient (Wildman–Crippen LogP) is 14.0. The zero-order valence-electron chi connectivity index (χ0n) is 30.4. The van der Waals surface area contributed by atoms with E-state index in [1.807, 2.05) is 12.1 Å². The van der Waals surface area contributed by atoms with Crippen LogP contribution in [0.4, 0.5) is 0 Å². The van der Waals surface area contributed by atoms with Gasteiger partial charge in [-0.3, -0.25) is 0 Å². The molecule has 0 aliphatic rings. The predicted molar refractivity (Wildman–Crippen MR) is 235 cm³/mol. The summed E-state index contributed by atoms with van der Waals surface area (Å²) in [6, 6.07) is 71.0. The zero-order valence-corrected chi connectivity index (χ0v) is 30.4. The van der Waals surface area contributed by atoms with E-state index >= 15 is 0 Å². The first-order chi connectivity index (χ1) is 27.7. The van der Waals surface area contributed by atoms with Gasteiger partial charge in [-0.25, -0.2) is 15.0 Å². The van der Waals surface area contributed by atoms with Crippen LogP contribution in [-0.4, -0.2) is 15.0 Å². The molecule has 0 amide bonds. The van der Waals surface area contributed by atoms with Gasteiger partial charge in [-0.05, 0) is 74.1 Å². The van der Waals surface area contributed by atoms with E-state index in [-0.39, 0.29) is 0 Å². The van der Waals surface area contributed by atoms with Gasteiger partial charge in [-0.15, -0.1) is 0 Å². The van der Waals surface area contributed by atoms with E-state index in [1.54, 1.807) is 0 Å². The molecular weight excluding hydrogens is 679 g/mol. The summed E-state index contributed by atoms with van der Waals surface area (Å²) in [6.45, 7) is 0. The minimum Gasteiger partial charge on any atom is -0.247 e. The Labute approximate surface area is 324 Å². The molecule has 56 heavy (non-hydrogen) atoms. The summed E-state index contributed by atoms with van der Waals surface area (Å²) >= 11 is 0. The Morgan fingerprint density at radius 2 is 0.839 bits per heavy atom. The van der Waals surface area contributed by atoms with Crippen molar-refractivity contribution in [1.82, 2.24) is 15.0 Å². The Morgan fingerprint density at radius 3 is 1.66 bits per heavy atom. The molecule has 2 heterocycles. The maximum absolute atomic E-state index is 5.34. The Hall–Kier alpha value is -7.49. The molecule has 2 aromatic heterocycles. The molecule has 3 heteroatoms. The van der Waals surface area contributed by atoms with Crippen LogP contribution in [0.2, 0.25) is 0 Å². The number of hydrogen-bond acceptors (Lipinski definition) is 3. The van der Waals surface area contributed by atoms with Crippen molar-refractivity contribution in [3.63, 3.8) is 0 Å². The van der Waals surface area contributed by atoms with Crippen LogP contribution in [0.3, 0.4) is 0 Å². The van der Waals surface area contributed by atoms with E-state index in [2.05, 4.69) is 188 Å². The van der Waals surface area contributed by atoms with Crippen molar-refractivity contribution >= 4 is 54.1 Å². The normalized spacial score (nSPS) is 11.6. The highest BCUT2D eigenvalue weighted by atomic mass is 14.9. The third-order valence-corrected chi connectivity index (χ3v) is 11.0. The van der Waals surface area contributed by atoms with E-state index in [1.165, 1.54) is 32.5 Å². The Morgan fingerprint density at radius 1 is 0.268 bits per heavy atom. The Kier molecular flexibility index (Phi) is 7.49. The fourth-order valence-corrected chi connectivity index (χ4v) is 8.31. The molecule has 11 rings (SSSR count). The van der Waals surface area contributed by atoms with E-state index in [0.29, 0.717) is 5.82 Å². The molecule has 0 spiro atoms. The van der Waals surface area contributed by atoms with Crippen molar-refractivity contribution in [1.29, 1.82) is 0 Å². The standard InChI is InChI=1S/C53H33N3/c1-2-13-34(14-3-1)39-17-12-18-40(31-39)51-45-22-9-11-24-49(45)55-53(56-51)37-28-26-36(27-29-37)46-33-47-50(43-20-7-6-19-42(43)46)44-21-8-10-23-48(44)54-52(47)41-30-25-35-15-4-5-16-38(35)32-41/h1-33H. The van der Waals surface area contributed by atoms with Gasteiger partial charge >= 0.3 is 0 Å². The van der Waals surface area contributed by atoms with Crippen LogP contribution in [0.25, 0.3) is 110 Å². The van der Waals surface area contributed by atoms with Gasteiger partial charge in [0.25, 0.3) is 0 Å². The van der Waals surface area contributed by atoms with Crippen molar-refractivity contribution in [3.8, 4) is 56.2 Å². The minimum absolute atomic E-state index is 0.702. The summed E-state index contributed by atoms with van der Waals surface area (Å²) in [7, 11) is 0. The molecular formula is C53H33N3. The molecule has 0 aliphatic heterocycles. The van der Waals surface area contributed by atoms with Crippen molar-refractivity contribution < 1.29 is 0 Å². The maximum Gasteiger partial charge on any atom is 0.160 e. The van der Waals surface area contributed by atoms with Crippen LogP contribution in [-0.2, 0) is 0 Å². The summed E-state index contributed by atoms with van der Waals surface area (Å²) in [6.07, 6.45) is 0. The lowest BCUT2D eigenvalue weighted by atomic mass is 9.89. The highest BCUT2D eigenvalue weighted by Gasteiger charge is 2.18. The van der Waals surface area contributed by atoms with Crippen molar-refractivity contribution in [3.05, 3.63) is 200 Å². The number of nitrogens with zero attached hydrogens (tertiary/aromatic N) is 3. The van der Waals surface area contributed by atoms with E-state index < -0.39 is 0 Å². The topological polar surface area (TPSA) is 38.7 Å². The fraction of sp³-hybridized carbons (Fsp3) is 0. The molecule has 0 unspecified atom stereocenters. The molecule has 0 N–H and O–H groups in total. The number of benzene rings is 9. The molecule has 0 radical (unpaired) electrons. The lowest BCUT2D eigenvalue weighted by Gasteiger charge is -2.16. The molecule has 11 aromatic rings. The summed E-state index contributed by atoms with van der Waals surface area (Å²) in [5.74, 6) is 0.702. The summed E-state index contributed by atoms with van der Waals surface area (Å²) in [5, 5.41) is 9.39. The van der Waals surface area contributed by atoms with Gasteiger partial charge in [0.15, 0.2) is 5.82 Å². The average molecular weight is 712 g/mol. The van der Waals surface area contributed by atoms with Crippen LogP contribution in [0.15, 0.2) is 200 Å². The van der Waals surface area contributed by atoms with Gasteiger partial charge in [0.2, 0.25) is 0 Å². The molecule has 0 atom stereocenters. The van der Waals surface area contributed by atoms with Gasteiger partial charge < -0.3 is 0 Å². The SMILES string of the molecule is c1ccc(-c2cccc(-c3nc(-c4ccc(-c5cc6c(-c7ccc8ccccc8c7)nc7ccccc7c6c6ccccc56)cc4)nc4ccccc34)c2)cc1. The number of para-hydroxylation sites is 2. The summed E-state index contributed by atoms with van der Waals surface area (Å²) in [5.41, 5.74) is 11.6. The second kappa shape index (κ2) is 13.1. The first-order valence-electron chi connectivity index (χ1n) is 19.0. The van der Waals surface area contributed by atoms with Crippen LogP contribution < -0.4 is 0 Å². The summed E-state index contributed by atoms with van der Waals surface area (Å²) < 4.78 is 0. The van der Waals surface area contributed by atoms with Gasteiger partial charge in [0.05, 0.1) is 22.4 Å². The van der Waals surface area contributed by atoms with Crippen molar-refractivity contribution in [2.75, 3.05) is 0 Å².